The van der Waals surface area contributed by atoms with Crippen LogP contribution in [-0.4, -0.2) is 107 Å². The zero-order valence-corrected chi connectivity index (χ0v) is 32.5. The van der Waals surface area contributed by atoms with Crippen molar-refractivity contribution in [1.82, 2.24) is 0 Å². The maximum atomic E-state index is 11.9. The summed E-state index contributed by atoms with van der Waals surface area (Å²) in [5.41, 5.74) is 0.964. The molecule has 6 unspecified atom stereocenters. The Morgan fingerprint density at radius 2 is 0.660 bits per heavy atom. The molecule has 13 heteroatoms. The highest BCUT2D eigenvalue weighted by Crippen LogP contribution is 2.22. The van der Waals surface area contributed by atoms with Crippen LogP contribution in [0.5, 0.6) is 0 Å². The number of aliphatic hydroxyl groups excluding tert-OH is 4. The van der Waals surface area contributed by atoms with Crippen LogP contribution in [-0.2, 0) is 42.9 Å². The van der Waals surface area contributed by atoms with Gasteiger partial charge in [-0.25, -0.2) is 19.2 Å². The molecule has 13 nitrogen and oxygen atoms in total. The molecule has 0 aromatic rings. The molecule has 0 heterocycles. The smallest absolute Gasteiger partial charge is 0.333 e. The zero-order chi connectivity index (χ0) is 40.3. The molecule has 0 aromatic heterocycles. The summed E-state index contributed by atoms with van der Waals surface area (Å²) < 4.78 is 26.8. The molecule has 0 aliphatic heterocycles. The van der Waals surface area contributed by atoms with Gasteiger partial charge in [-0.15, -0.1) is 0 Å². The van der Waals surface area contributed by atoms with Gasteiger partial charge in [0.25, 0.3) is 0 Å². The quantitative estimate of drug-likeness (QED) is 0.0306. The van der Waals surface area contributed by atoms with E-state index in [1.807, 2.05) is 0 Å². The van der Waals surface area contributed by atoms with E-state index in [0.29, 0.717) is 38.5 Å². The van der Waals surface area contributed by atoms with E-state index in [-0.39, 0.29) is 61.6 Å². The van der Waals surface area contributed by atoms with Crippen LogP contribution in [0, 0.1) is 0 Å². The van der Waals surface area contributed by atoms with E-state index in [9.17, 15) is 39.6 Å². The molecule has 304 valence electrons. The normalized spacial score (nSPS) is 14.5. The molecule has 0 rings (SSSR count). The second-order valence-electron chi connectivity index (χ2n) is 14.0. The third kappa shape index (κ3) is 27.0. The van der Waals surface area contributed by atoms with Crippen LogP contribution in [0.15, 0.2) is 48.6 Å². The van der Waals surface area contributed by atoms with Gasteiger partial charge in [0.15, 0.2) is 0 Å². The van der Waals surface area contributed by atoms with Crippen molar-refractivity contribution in [3.63, 3.8) is 0 Å². The van der Waals surface area contributed by atoms with Crippen molar-refractivity contribution in [1.29, 1.82) is 0 Å². The maximum Gasteiger partial charge on any atom is 0.333 e. The van der Waals surface area contributed by atoms with Crippen molar-refractivity contribution >= 4 is 23.9 Å². The average molecular weight is 755 g/mol. The first-order valence-corrected chi connectivity index (χ1v) is 18.6. The minimum Gasteiger partial charge on any atom is -0.460 e. The van der Waals surface area contributed by atoms with Crippen LogP contribution in [0.25, 0.3) is 0 Å². The average Bonchev–Trinajstić information content (AvgIpc) is 3.09. The fourth-order valence-corrected chi connectivity index (χ4v) is 5.06. The Balaban J connectivity index is 5.33. The molecule has 0 saturated carbocycles. The summed E-state index contributed by atoms with van der Waals surface area (Å²) in [5.74, 6) is -2.30. The highest BCUT2D eigenvalue weighted by Gasteiger charge is 2.24. The lowest BCUT2D eigenvalue weighted by atomic mass is 10.00. The number of unbranched alkanes of at least 4 members (excludes halogenated alkanes) is 6. The Bertz CT molecular complexity index is 1080. The van der Waals surface area contributed by atoms with Gasteiger partial charge >= 0.3 is 23.9 Å². The molecule has 53 heavy (non-hydrogen) atoms. The van der Waals surface area contributed by atoms with Crippen molar-refractivity contribution in [3.8, 4) is 0 Å². The molecule has 0 saturated heterocycles. The van der Waals surface area contributed by atoms with E-state index in [1.54, 1.807) is 0 Å². The number of hydrogen-bond acceptors (Lipinski definition) is 13. The van der Waals surface area contributed by atoms with E-state index in [4.69, 9.17) is 23.7 Å². The third-order valence-corrected chi connectivity index (χ3v) is 8.10. The number of hydrogen-bond donors (Lipinski definition) is 4. The monoisotopic (exact) mass is 754 g/mol. The topological polar surface area (TPSA) is 195 Å². The van der Waals surface area contributed by atoms with E-state index in [0.717, 1.165) is 38.5 Å². The number of carbonyl (C=O) groups excluding carboxylic acids is 4. The standard InChI is InChI=1S/C40H66O13/c1-27(2)37(45)49-23-31(41)17-13-9-11-15-19-35(21-33(43)25-51-39(47)29(5)6)53-36(22-34(44)26-52-40(48)30(7)8)20-16-12-10-14-18-32(42)24-50-38(46)28(3)4/h31-36,41-44H,1,3,5,7,9-26H2,2,4,6,8H3. The van der Waals surface area contributed by atoms with Gasteiger partial charge in [-0.2, -0.15) is 0 Å². The summed E-state index contributed by atoms with van der Waals surface area (Å²) in [6.45, 7) is 19.6. The van der Waals surface area contributed by atoms with Gasteiger partial charge in [-0.05, 0) is 53.4 Å². The first kappa shape index (κ1) is 49.6. The second kappa shape index (κ2) is 29.1. The molecule has 6 atom stereocenters. The highest BCUT2D eigenvalue weighted by atomic mass is 16.6. The lowest BCUT2D eigenvalue weighted by Gasteiger charge is -2.28. The maximum absolute atomic E-state index is 11.9. The minimum absolute atomic E-state index is 0.0932. The van der Waals surface area contributed by atoms with Gasteiger partial charge in [0.05, 0.1) is 36.6 Å². The van der Waals surface area contributed by atoms with Crippen LogP contribution in [0.2, 0.25) is 0 Å². The number of rotatable bonds is 32. The summed E-state index contributed by atoms with van der Waals surface area (Å²) in [4.78, 5) is 46.9. The van der Waals surface area contributed by atoms with Crippen LogP contribution in [0.4, 0.5) is 0 Å². The summed E-state index contributed by atoms with van der Waals surface area (Å²) in [6.07, 6.45) is 4.05. The molecule has 0 fully saturated rings. The largest absolute Gasteiger partial charge is 0.460 e. The number of carbonyl (C=O) groups is 4. The SMILES string of the molecule is C=C(C)C(=O)OCC(O)CCCCCCC(CC(O)COC(=O)C(=C)C)OC(CCCCCCC(O)COC(=O)C(=C)C)CC(O)COC(=O)C(=C)C. The first-order chi connectivity index (χ1) is 24.9. The van der Waals surface area contributed by atoms with Gasteiger partial charge in [-0.1, -0.05) is 77.7 Å². The fraction of sp³-hybridized carbons (Fsp3) is 0.700. The van der Waals surface area contributed by atoms with Gasteiger partial charge in [-0.3, -0.25) is 0 Å². The van der Waals surface area contributed by atoms with Crippen molar-refractivity contribution in [2.75, 3.05) is 26.4 Å². The van der Waals surface area contributed by atoms with Crippen LogP contribution >= 0.6 is 0 Å². The van der Waals surface area contributed by atoms with Gasteiger partial charge in [0.1, 0.15) is 26.4 Å². The van der Waals surface area contributed by atoms with E-state index in [2.05, 4.69) is 26.3 Å². The molecular weight excluding hydrogens is 688 g/mol. The Labute approximate surface area is 316 Å². The molecule has 0 bridgehead atoms. The molecule has 0 amide bonds. The molecule has 0 aliphatic carbocycles. The lowest BCUT2D eigenvalue weighted by molar-refractivity contribution is -0.144. The van der Waals surface area contributed by atoms with E-state index in [1.165, 1.54) is 27.7 Å². The fourth-order valence-electron chi connectivity index (χ4n) is 5.06. The summed E-state index contributed by atoms with van der Waals surface area (Å²) in [6, 6.07) is 0. The summed E-state index contributed by atoms with van der Waals surface area (Å²) in [5, 5.41) is 41.8. The highest BCUT2D eigenvalue weighted by molar-refractivity contribution is 5.88. The van der Waals surface area contributed by atoms with Gasteiger partial charge in [0, 0.05) is 35.1 Å². The van der Waals surface area contributed by atoms with Crippen molar-refractivity contribution in [2.45, 2.75) is 154 Å². The number of ether oxygens (including phenoxy) is 5. The predicted octanol–water partition coefficient (Wildman–Crippen LogP) is 5.12. The van der Waals surface area contributed by atoms with Crippen molar-refractivity contribution in [2.24, 2.45) is 0 Å². The molecule has 0 aliphatic rings. The molecular formula is C40H66O13. The number of aliphatic hydroxyl groups is 4. The first-order valence-electron chi connectivity index (χ1n) is 18.6. The zero-order valence-electron chi connectivity index (χ0n) is 32.5. The van der Waals surface area contributed by atoms with E-state index >= 15 is 0 Å². The van der Waals surface area contributed by atoms with Crippen LogP contribution in [0.3, 0.4) is 0 Å². The van der Waals surface area contributed by atoms with Crippen LogP contribution < -0.4 is 0 Å². The predicted molar refractivity (Wildman–Crippen MR) is 200 cm³/mol. The van der Waals surface area contributed by atoms with E-state index < -0.39 is 60.5 Å². The molecule has 4 N–H and O–H groups in total. The Morgan fingerprint density at radius 1 is 0.415 bits per heavy atom. The van der Waals surface area contributed by atoms with Gasteiger partial charge in [0.2, 0.25) is 0 Å². The van der Waals surface area contributed by atoms with Gasteiger partial charge < -0.3 is 44.1 Å². The Morgan fingerprint density at radius 3 is 0.925 bits per heavy atom. The minimum atomic E-state index is -1.01. The number of esters is 4. The molecule has 0 spiro atoms. The van der Waals surface area contributed by atoms with Crippen molar-refractivity contribution < 1.29 is 63.3 Å². The van der Waals surface area contributed by atoms with Crippen LogP contribution in [0.1, 0.15) is 118 Å². The van der Waals surface area contributed by atoms with Crippen molar-refractivity contribution in [3.05, 3.63) is 48.6 Å². The molecule has 0 aromatic carbocycles. The summed E-state index contributed by atoms with van der Waals surface area (Å²) >= 11 is 0. The Hall–Kier alpha value is -3.36. The third-order valence-electron chi connectivity index (χ3n) is 8.10. The lowest BCUT2D eigenvalue weighted by Crippen LogP contribution is -2.32. The second-order valence-corrected chi connectivity index (χ2v) is 14.0. The summed E-state index contributed by atoms with van der Waals surface area (Å²) in [7, 11) is 0. The molecule has 0 radical (unpaired) electrons. The Kier molecular flexibility index (Phi) is 27.2.